The van der Waals surface area contributed by atoms with E-state index in [1.165, 1.54) is 56.4 Å². The topological polar surface area (TPSA) is 45.7 Å². The third-order valence-electron chi connectivity index (χ3n) is 12.0. The maximum Gasteiger partial charge on any atom is 0.410 e. The smallest absolute Gasteiger partial charge is 0.410 e. The third-order valence-corrected chi connectivity index (χ3v) is 12.7. The molecule has 1 aliphatic heterocycles. The zero-order valence-electron chi connectivity index (χ0n) is 22.9. The molecular weight excluding hydrogens is 466 g/mol. The Morgan fingerprint density at radius 2 is 2.03 bits per heavy atom. The SMILES string of the molecule is CC(C)[C@]12CCC(N(C)C(=O)OCc3cncs3)CC1=CC[C@H]1[C@@H]3CC[C@@H]4[C@H](C)N(C)CC43CC[C@@H]12. The minimum absolute atomic E-state index is 0.198. The van der Waals surface area contributed by atoms with E-state index in [0.29, 0.717) is 23.4 Å². The van der Waals surface area contributed by atoms with E-state index in [1.807, 2.05) is 11.9 Å². The van der Waals surface area contributed by atoms with Crippen molar-refractivity contribution in [2.24, 2.45) is 40.4 Å². The Kier molecular flexibility index (Phi) is 6.31. The molecule has 3 saturated carbocycles. The maximum absolute atomic E-state index is 12.9. The minimum atomic E-state index is -0.198. The Morgan fingerprint density at radius 3 is 2.78 bits per heavy atom. The normalized spacial score (nSPS) is 41.8. The van der Waals surface area contributed by atoms with Crippen LogP contribution in [0.4, 0.5) is 4.79 Å². The second-order valence-corrected chi connectivity index (χ2v) is 14.1. The Morgan fingerprint density at radius 1 is 1.22 bits per heavy atom. The number of carbonyl (C=O) groups is 1. The van der Waals surface area contributed by atoms with Crippen molar-refractivity contribution in [1.82, 2.24) is 14.8 Å². The van der Waals surface area contributed by atoms with Crippen LogP contribution in [-0.2, 0) is 11.3 Å². The molecular formula is C30H45N3O2S. The maximum atomic E-state index is 12.9. The number of hydrogen-bond acceptors (Lipinski definition) is 5. The van der Waals surface area contributed by atoms with Crippen molar-refractivity contribution in [3.8, 4) is 0 Å². The number of likely N-dealkylation sites (tertiary alicyclic amines) is 1. The molecule has 5 aliphatic rings. The Hall–Kier alpha value is -1.40. The van der Waals surface area contributed by atoms with E-state index in [2.05, 4.69) is 43.8 Å². The highest BCUT2D eigenvalue weighted by molar-refractivity contribution is 7.09. The fraction of sp³-hybridized carbons (Fsp3) is 0.800. The van der Waals surface area contributed by atoms with E-state index in [4.69, 9.17) is 4.74 Å². The molecule has 0 bridgehead atoms. The van der Waals surface area contributed by atoms with Crippen molar-refractivity contribution in [1.29, 1.82) is 0 Å². The second kappa shape index (κ2) is 9.11. The van der Waals surface area contributed by atoms with Crippen LogP contribution in [0.1, 0.15) is 77.0 Å². The van der Waals surface area contributed by atoms with Gasteiger partial charge in [0, 0.05) is 31.9 Å². The first-order chi connectivity index (χ1) is 17.3. The molecule has 0 aromatic carbocycles. The van der Waals surface area contributed by atoms with Crippen LogP contribution in [0.2, 0.25) is 0 Å². The van der Waals surface area contributed by atoms with Crippen molar-refractivity contribution in [2.45, 2.75) is 90.8 Å². The molecule has 4 fully saturated rings. The van der Waals surface area contributed by atoms with Gasteiger partial charge >= 0.3 is 6.09 Å². The van der Waals surface area contributed by atoms with Gasteiger partial charge in [-0.15, -0.1) is 11.3 Å². The number of carbonyl (C=O) groups excluding carboxylic acids is 1. The summed E-state index contributed by atoms with van der Waals surface area (Å²) in [5, 5.41) is 0. The fourth-order valence-corrected chi connectivity index (χ4v) is 10.8. The number of amides is 1. The van der Waals surface area contributed by atoms with Crippen molar-refractivity contribution in [2.75, 3.05) is 20.6 Å². The molecule has 2 heterocycles. The first kappa shape index (κ1) is 24.9. The number of allylic oxidation sites excluding steroid dienone is 1. The number of aromatic nitrogens is 1. The van der Waals surface area contributed by atoms with Gasteiger partial charge in [-0.2, -0.15) is 0 Å². The highest BCUT2D eigenvalue weighted by Crippen LogP contribution is 2.70. The summed E-state index contributed by atoms with van der Waals surface area (Å²) in [6, 6.07) is 0.992. The molecule has 0 N–H and O–H groups in total. The Labute approximate surface area is 221 Å². The molecule has 4 aliphatic carbocycles. The molecule has 1 amide bonds. The lowest BCUT2D eigenvalue weighted by atomic mass is 9.44. The number of thiazole rings is 1. The molecule has 2 unspecified atom stereocenters. The lowest BCUT2D eigenvalue weighted by Crippen LogP contribution is -2.55. The zero-order valence-corrected chi connectivity index (χ0v) is 23.7. The summed E-state index contributed by atoms with van der Waals surface area (Å²) in [6.45, 7) is 9.10. The zero-order chi connectivity index (χ0) is 25.2. The molecule has 0 radical (unpaired) electrons. The van der Waals surface area contributed by atoms with Gasteiger partial charge in [-0.1, -0.05) is 25.5 Å². The average Bonchev–Trinajstić information content (AvgIpc) is 3.58. The van der Waals surface area contributed by atoms with Crippen LogP contribution < -0.4 is 0 Å². The van der Waals surface area contributed by atoms with Crippen molar-refractivity contribution >= 4 is 17.4 Å². The van der Waals surface area contributed by atoms with Gasteiger partial charge in [0.15, 0.2) is 0 Å². The van der Waals surface area contributed by atoms with Gasteiger partial charge in [0.25, 0.3) is 0 Å². The van der Waals surface area contributed by atoms with Crippen molar-refractivity contribution in [3.63, 3.8) is 0 Å². The van der Waals surface area contributed by atoms with Gasteiger partial charge < -0.3 is 14.5 Å². The summed E-state index contributed by atoms with van der Waals surface area (Å²) in [4.78, 5) is 22.5. The molecule has 1 aromatic rings. The van der Waals surface area contributed by atoms with Gasteiger partial charge in [-0.25, -0.2) is 4.79 Å². The van der Waals surface area contributed by atoms with Gasteiger partial charge in [0.2, 0.25) is 0 Å². The van der Waals surface area contributed by atoms with Crippen molar-refractivity contribution < 1.29 is 9.53 Å². The lowest BCUT2D eigenvalue weighted by molar-refractivity contribution is -0.0676. The van der Waals surface area contributed by atoms with Crippen molar-refractivity contribution in [3.05, 3.63) is 28.2 Å². The van der Waals surface area contributed by atoms with E-state index >= 15 is 0 Å². The van der Waals surface area contributed by atoms with E-state index in [9.17, 15) is 4.79 Å². The van der Waals surface area contributed by atoms with Crippen LogP contribution in [0.15, 0.2) is 23.4 Å². The third kappa shape index (κ3) is 3.56. The van der Waals surface area contributed by atoms with E-state index in [0.717, 1.165) is 47.4 Å². The Balaban J connectivity index is 1.21. The number of hydrogen-bond donors (Lipinski definition) is 0. The van der Waals surface area contributed by atoms with E-state index < -0.39 is 0 Å². The molecule has 1 spiro atoms. The number of rotatable bonds is 4. The fourth-order valence-electron chi connectivity index (χ4n) is 10.3. The summed E-state index contributed by atoms with van der Waals surface area (Å²) < 4.78 is 5.63. The van der Waals surface area contributed by atoms with Crippen LogP contribution in [-0.4, -0.2) is 53.6 Å². The number of fused-ring (bicyclic) bond motifs is 4. The molecule has 1 aromatic heterocycles. The summed E-state index contributed by atoms with van der Waals surface area (Å²) in [5.41, 5.74) is 4.35. The largest absolute Gasteiger partial charge is 0.444 e. The molecule has 6 heteroatoms. The predicted octanol–water partition coefficient (Wildman–Crippen LogP) is 6.61. The highest BCUT2D eigenvalue weighted by atomic mass is 32.1. The van der Waals surface area contributed by atoms with Gasteiger partial charge in [0.05, 0.1) is 10.4 Å². The summed E-state index contributed by atoms with van der Waals surface area (Å²) in [6.07, 6.45) is 14.6. The monoisotopic (exact) mass is 511 g/mol. The van der Waals surface area contributed by atoms with Crippen LogP contribution in [0, 0.1) is 40.4 Å². The molecule has 6 rings (SSSR count). The van der Waals surface area contributed by atoms with E-state index in [-0.39, 0.29) is 12.1 Å². The first-order valence-electron chi connectivity index (χ1n) is 14.4. The molecule has 5 nitrogen and oxygen atoms in total. The van der Waals surface area contributed by atoms with Gasteiger partial charge in [0.1, 0.15) is 6.61 Å². The van der Waals surface area contributed by atoms with Gasteiger partial charge in [-0.3, -0.25) is 4.98 Å². The van der Waals surface area contributed by atoms with Crippen LogP contribution >= 0.6 is 11.3 Å². The van der Waals surface area contributed by atoms with Crippen LogP contribution in [0.5, 0.6) is 0 Å². The standard InChI is InChI=1S/C30H45N3O2S/c1-19(2)30-13-10-22(33(5)28(34)35-16-23-15-31-18-36-23)14-21(30)6-7-24-26-9-8-25-20(3)32(4)17-29(25,26)12-11-27(24)30/h6,15,18-20,22,24-27H,7-14,16-17H2,1-5H3/t20-,22?,24-,25+,26-,27-,29?,30+/m0/s1. The number of ether oxygens (including phenoxy) is 1. The first-order valence-corrected chi connectivity index (χ1v) is 15.3. The average molecular weight is 512 g/mol. The number of nitrogens with zero attached hydrogens (tertiary/aromatic N) is 3. The van der Waals surface area contributed by atoms with Crippen LogP contribution in [0.3, 0.4) is 0 Å². The summed E-state index contributed by atoms with van der Waals surface area (Å²) in [5.74, 6) is 4.14. The second-order valence-electron chi connectivity index (χ2n) is 13.2. The summed E-state index contributed by atoms with van der Waals surface area (Å²) in [7, 11) is 4.31. The van der Waals surface area contributed by atoms with Crippen LogP contribution in [0.25, 0.3) is 0 Å². The summed E-state index contributed by atoms with van der Waals surface area (Å²) >= 11 is 1.53. The Bertz CT molecular complexity index is 1010. The highest BCUT2D eigenvalue weighted by Gasteiger charge is 2.65. The quantitative estimate of drug-likeness (QED) is 0.427. The molecule has 198 valence electrons. The molecule has 36 heavy (non-hydrogen) atoms. The van der Waals surface area contributed by atoms with E-state index in [1.54, 1.807) is 17.3 Å². The predicted molar refractivity (Wildman–Crippen MR) is 145 cm³/mol. The lowest BCUT2D eigenvalue weighted by Gasteiger charge is -2.61. The van der Waals surface area contributed by atoms with Gasteiger partial charge in [-0.05, 0) is 106 Å². The minimum Gasteiger partial charge on any atom is -0.444 e. The molecule has 1 saturated heterocycles. The molecule has 8 atom stereocenters.